The van der Waals surface area contributed by atoms with Crippen LogP contribution in [0.3, 0.4) is 0 Å². The fourth-order valence-corrected chi connectivity index (χ4v) is 4.69. The number of hydrogen-bond donors (Lipinski definition) is 3. The number of hydroxylamine groups is 1. The van der Waals surface area contributed by atoms with Gasteiger partial charge in [-0.05, 0) is 42.7 Å². The number of amides is 2. The molecule has 1 saturated carbocycles. The van der Waals surface area contributed by atoms with Crippen molar-refractivity contribution in [2.45, 2.75) is 37.8 Å². The molecule has 8 nitrogen and oxygen atoms in total. The molecule has 2 heterocycles. The molecule has 0 saturated heterocycles. The van der Waals surface area contributed by atoms with Gasteiger partial charge in [-0.3, -0.25) is 19.8 Å². The molecule has 8 heteroatoms. The third-order valence-corrected chi connectivity index (χ3v) is 6.45. The summed E-state index contributed by atoms with van der Waals surface area (Å²) in [6.45, 7) is 0. The number of rotatable bonds is 5. The van der Waals surface area contributed by atoms with E-state index < -0.39 is 11.8 Å². The highest BCUT2D eigenvalue weighted by molar-refractivity contribution is 6.10. The summed E-state index contributed by atoms with van der Waals surface area (Å²) < 4.78 is 0. The predicted molar refractivity (Wildman–Crippen MR) is 122 cm³/mol. The minimum Gasteiger partial charge on any atom is -0.387 e. The summed E-state index contributed by atoms with van der Waals surface area (Å²) in [7, 11) is 0. The number of hydrogen-bond acceptors (Lipinski definition) is 6. The van der Waals surface area contributed by atoms with Crippen molar-refractivity contribution in [2.24, 2.45) is 11.1 Å². The van der Waals surface area contributed by atoms with E-state index in [2.05, 4.69) is 15.5 Å². The summed E-state index contributed by atoms with van der Waals surface area (Å²) in [5.41, 5.74) is 5.93. The summed E-state index contributed by atoms with van der Waals surface area (Å²) in [4.78, 5) is 34.6. The van der Waals surface area contributed by atoms with E-state index in [-0.39, 0.29) is 18.1 Å². The van der Waals surface area contributed by atoms with E-state index in [1.807, 2.05) is 42.5 Å². The van der Waals surface area contributed by atoms with Crippen molar-refractivity contribution in [3.63, 3.8) is 0 Å². The molecule has 2 aliphatic rings. The standard InChI is InChI=1S/C25H24N4O4/c30-24(27-21-7-3-5-19(21)25(31)28-32)16-10-8-15(9-11-16)23-14-22(29-33-23)18-12-13-26-20-6-2-1-4-17(18)20/h1-2,4,6,8-13,19,21,23,32H,3,5,7,14H2,(H,27,30)(H,28,31)/t19-,21+,23?/m0/s1. The zero-order valence-electron chi connectivity index (χ0n) is 17.9. The third kappa shape index (κ3) is 4.17. The maximum Gasteiger partial charge on any atom is 0.251 e. The molecule has 1 aliphatic carbocycles. The van der Waals surface area contributed by atoms with Gasteiger partial charge in [0.15, 0.2) is 6.10 Å². The molecule has 1 aliphatic heterocycles. The van der Waals surface area contributed by atoms with Crippen LogP contribution in [0.1, 0.15) is 53.3 Å². The number of pyridine rings is 1. The summed E-state index contributed by atoms with van der Waals surface area (Å²) in [6, 6.07) is 16.9. The van der Waals surface area contributed by atoms with Crippen LogP contribution in [0, 0.1) is 5.92 Å². The summed E-state index contributed by atoms with van der Waals surface area (Å²) in [6.07, 6.45) is 4.36. The lowest BCUT2D eigenvalue weighted by atomic mass is 9.97. The minimum absolute atomic E-state index is 0.225. The molecule has 0 radical (unpaired) electrons. The van der Waals surface area contributed by atoms with Crippen LogP contribution in [-0.2, 0) is 9.63 Å². The lowest BCUT2D eigenvalue weighted by Gasteiger charge is -2.19. The zero-order chi connectivity index (χ0) is 22.8. The van der Waals surface area contributed by atoms with Gasteiger partial charge in [0.05, 0.1) is 17.1 Å². The van der Waals surface area contributed by atoms with Crippen LogP contribution in [-0.4, -0.2) is 33.8 Å². The lowest BCUT2D eigenvalue weighted by Crippen LogP contribution is -2.43. The fraction of sp³-hybridized carbons (Fsp3) is 0.280. The first-order valence-electron chi connectivity index (χ1n) is 11.1. The van der Waals surface area contributed by atoms with Gasteiger partial charge in [0.1, 0.15) is 0 Å². The van der Waals surface area contributed by atoms with Crippen molar-refractivity contribution < 1.29 is 19.6 Å². The molecular weight excluding hydrogens is 420 g/mol. The minimum atomic E-state index is -0.454. The molecular formula is C25H24N4O4. The van der Waals surface area contributed by atoms with E-state index in [9.17, 15) is 9.59 Å². The second kappa shape index (κ2) is 8.99. The molecule has 33 heavy (non-hydrogen) atoms. The molecule has 168 valence electrons. The predicted octanol–water partition coefficient (Wildman–Crippen LogP) is 3.50. The molecule has 5 rings (SSSR count). The highest BCUT2D eigenvalue weighted by atomic mass is 16.6. The Balaban J connectivity index is 1.25. The van der Waals surface area contributed by atoms with Crippen LogP contribution in [0.5, 0.6) is 0 Å². The first-order chi connectivity index (χ1) is 16.1. The maximum absolute atomic E-state index is 12.7. The number of oxime groups is 1. The Bertz CT molecular complexity index is 1220. The zero-order valence-corrected chi connectivity index (χ0v) is 17.9. The largest absolute Gasteiger partial charge is 0.387 e. The quantitative estimate of drug-likeness (QED) is 0.412. The Kier molecular flexibility index (Phi) is 5.75. The molecule has 2 aromatic carbocycles. The Hall–Kier alpha value is -3.78. The molecule has 3 aromatic rings. The maximum atomic E-state index is 12.7. The van der Waals surface area contributed by atoms with E-state index in [4.69, 9.17) is 10.0 Å². The van der Waals surface area contributed by atoms with Crippen molar-refractivity contribution >= 4 is 28.4 Å². The van der Waals surface area contributed by atoms with E-state index in [0.29, 0.717) is 24.8 Å². The summed E-state index contributed by atoms with van der Waals surface area (Å²) >= 11 is 0. The monoisotopic (exact) mass is 444 g/mol. The number of benzene rings is 2. The normalized spacial score (nSPS) is 22.0. The van der Waals surface area contributed by atoms with Gasteiger partial charge in [0, 0.05) is 35.2 Å². The van der Waals surface area contributed by atoms with Gasteiger partial charge in [-0.25, -0.2) is 5.48 Å². The smallest absolute Gasteiger partial charge is 0.251 e. The molecule has 0 spiro atoms. The summed E-state index contributed by atoms with van der Waals surface area (Å²) in [5.74, 6) is -1.11. The Morgan fingerprint density at radius 1 is 1.03 bits per heavy atom. The van der Waals surface area contributed by atoms with Gasteiger partial charge in [-0.2, -0.15) is 0 Å². The average molecular weight is 444 g/mol. The molecule has 1 unspecified atom stereocenters. The number of nitrogens with zero attached hydrogens (tertiary/aromatic N) is 2. The SMILES string of the molecule is O=C(N[C@@H]1CCC[C@@H]1C(=O)NO)c1ccc(C2CC(c3ccnc4ccccc34)=NO2)cc1. The average Bonchev–Trinajstić information content (AvgIpc) is 3.53. The number of nitrogens with one attached hydrogen (secondary N) is 2. The molecule has 0 bridgehead atoms. The molecule has 3 atom stereocenters. The van der Waals surface area contributed by atoms with Crippen LogP contribution in [0.25, 0.3) is 10.9 Å². The number of aromatic nitrogens is 1. The van der Waals surface area contributed by atoms with Gasteiger partial charge in [0.2, 0.25) is 5.91 Å². The Morgan fingerprint density at radius 3 is 2.67 bits per heavy atom. The van der Waals surface area contributed by atoms with E-state index in [1.165, 1.54) is 0 Å². The number of carbonyl (C=O) groups is 2. The van der Waals surface area contributed by atoms with Crippen LogP contribution >= 0.6 is 0 Å². The number of carbonyl (C=O) groups excluding carboxylic acids is 2. The van der Waals surface area contributed by atoms with Gasteiger partial charge in [-0.15, -0.1) is 0 Å². The lowest BCUT2D eigenvalue weighted by molar-refractivity contribution is -0.133. The fourth-order valence-electron chi connectivity index (χ4n) is 4.69. The third-order valence-electron chi connectivity index (χ3n) is 6.45. The molecule has 1 fully saturated rings. The van der Waals surface area contributed by atoms with E-state index in [0.717, 1.165) is 34.2 Å². The Labute approximate surface area is 190 Å². The first kappa shape index (κ1) is 21.1. The molecule has 3 N–H and O–H groups in total. The second-order valence-corrected chi connectivity index (χ2v) is 8.43. The molecule has 2 amide bonds. The first-order valence-corrected chi connectivity index (χ1v) is 11.1. The van der Waals surface area contributed by atoms with Crippen molar-refractivity contribution in [1.29, 1.82) is 0 Å². The van der Waals surface area contributed by atoms with Gasteiger partial charge in [0.25, 0.3) is 5.91 Å². The van der Waals surface area contributed by atoms with E-state index in [1.54, 1.807) is 23.8 Å². The highest BCUT2D eigenvalue weighted by Crippen LogP contribution is 2.32. The van der Waals surface area contributed by atoms with Crippen LogP contribution in [0.4, 0.5) is 0 Å². The second-order valence-electron chi connectivity index (χ2n) is 8.43. The van der Waals surface area contributed by atoms with E-state index >= 15 is 0 Å². The van der Waals surface area contributed by atoms with Gasteiger partial charge < -0.3 is 10.2 Å². The topological polar surface area (TPSA) is 113 Å². The van der Waals surface area contributed by atoms with Crippen molar-refractivity contribution in [3.05, 3.63) is 77.5 Å². The van der Waals surface area contributed by atoms with Crippen molar-refractivity contribution in [1.82, 2.24) is 15.8 Å². The van der Waals surface area contributed by atoms with Crippen molar-refractivity contribution in [3.8, 4) is 0 Å². The number of fused-ring (bicyclic) bond motifs is 1. The van der Waals surface area contributed by atoms with Crippen molar-refractivity contribution in [2.75, 3.05) is 0 Å². The Morgan fingerprint density at radius 2 is 1.85 bits per heavy atom. The van der Waals surface area contributed by atoms with Crippen LogP contribution in [0.2, 0.25) is 0 Å². The van der Waals surface area contributed by atoms with Gasteiger partial charge >= 0.3 is 0 Å². The summed E-state index contributed by atoms with van der Waals surface area (Å²) in [5, 5.41) is 17.2. The number of para-hydroxylation sites is 1. The van der Waals surface area contributed by atoms with Crippen LogP contribution in [0.15, 0.2) is 65.9 Å². The van der Waals surface area contributed by atoms with Crippen LogP contribution < -0.4 is 10.8 Å². The highest BCUT2D eigenvalue weighted by Gasteiger charge is 2.34. The van der Waals surface area contributed by atoms with Gasteiger partial charge in [-0.1, -0.05) is 41.9 Å². The molecule has 1 aromatic heterocycles.